The molecule has 0 saturated carbocycles. The van der Waals surface area contributed by atoms with E-state index >= 15 is 0 Å². The van der Waals surface area contributed by atoms with Gasteiger partial charge in [0.15, 0.2) is 0 Å². The summed E-state index contributed by atoms with van der Waals surface area (Å²) in [5, 5.41) is 5.41. The van der Waals surface area contributed by atoms with Gasteiger partial charge in [0, 0.05) is 13.1 Å². The zero-order valence-corrected chi connectivity index (χ0v) is 23.0. The largest absolute Gasteiger partial charge is 0.444 e. The lowest BCUT2D eigenvalue weighted by Gasteiger charge is -2.34. The van der Waals surface area contributed by atoms with Crippen molar-refractivity contribution in [2.45, 2.75) is 78.1 Å². The smallest absolute Gasteiger partial charge is 0.408 e. The molecule has 9 nitrogen and oxygen atoms in total. The molecule has 206 valence electrons. The maximum Gasteiger partial charge on any atom is 0.408 e. The molecule has 0 bridgehead atoms. The van der Waals surface area contributed by atoms with Crippen molar-refractivity contribution in [3.05, 3.63) is 71.3 Å². The topological polar surface area (TPSA) is 131 Å². The SMILES string of the molecule is CCCN(C(=O)C(CC(N)=O)NC(=O)OC(C)(C)C)C(C(=O)NCc1ccccc1)c1ccc(CC)cc1. The van der Waals surface area contributed by atoms with E-state index < -0.39 is 42.0 Å². The minimum atomic E-state index is -1.30. The van der Waals surface area contributed by atoms with Crippen molar-refractivity contribution in [2.75, 3.05) is 6.54 Å². The zero-order valence-electron chi connectivity index (χ0n) is 23.0. The van der Waals surface area contributed by atoms with Crippen LogP contribution in [0.3, 0.4) is 0 Å². The van der Waals surface area contributed by atoms with Crippen LogP contribution in [0, 0.1) is 0 Å². The van der Waals surface area contributed by atoms with E-state index in [0.717, 1.165) is 17.5 Å². The molecule has 2 aromatic carbocycles. The second-order valence-electron chi connectivity index (χ2n) is 10.1. The van der Waals surface area contributed by atoms with Crippen molar-refractivity contribution < 1.29 is 23.9 Å². The van der Waals surface area contributed by atoms with E-state index in [-0.39, 0.29) is 19.0 Å². The van der Waals surface area contributed by atoms with Crippen molar-refractivity contribution in [1.29, 1.82) is 0 Å². The van der Waals surface area contributed by atoms with Gasteiger partial charge in [-0.1, -0.05) is 68.4 Å². The number of hydrogen-bond acceptors (Lipinski definition) is 5. The van der Waals surface area contributed by atoms with Crippen LogP contribution in [0.5, 0.6) is 0 Å². The van der Waals surface area contributed by atoms with Gasteiger partial charge in [0.1, 0.15) is 17.7 Å². The molecule has 0 aliphatic carbocycles. The first-order chi connectivity index (χ1) is 17.9. The monoisotopic (exact) mass is 524 g/mol. The van der Waals surface area contributed by atoms with Gasteiger partial charge in [0.25, 0.3) is 0 Å². The van der Waals surface area contributed by atoms with Crippen LogP contribution in [0.2, 0.25) is 0 Å². The fraction of sp³-hybridized carbons (Fsp3) is 0.448. The van der Waals surface area contributed by atoms with Crippen LogP contribution in [0.4, 0.5) is 4.79 Å². The summed E-state index contributed by atoms with van der Waals surface area (Å²) < 4.78 is 5.29. The molecule has 2 aromatic rings. The van der Waals surface area contributed by atoms with Crippen molar-refractivity contribution >= 4 is 23.8 Å². The number of aryl methyl sites for hydroxylation is 1. The van der Waals surface area contributed by atoms with Crippen molar-refractivity contribution in [3.63, 3.8) is 0 Å². The summed E-state index contributed by atoms with van der Waals surface area (Å²) in [5.41, 5.74) is 7.22. The fourth-order valence-electron chi connectivity index (χ4n) is 3.95. The Morgan fingerprint density at radius 3 is 2.11 bits per heavy atom. The van der Waals surface area contributed by atoms with Gasteiger partial charge in [-0.15, -0.1) is 0 Å². The molecule has 0 aliphatic heterocycles. The summed E-state index contributed by atoms with van der Waals surface area (Å²) in [6, 6.07) is 14.6. The van der Waals surface area contributed by atoms with E-state index in [1.807, 2.05) is 68.4 Å². The van der Waals surface area contributed by atoms with Crippen molar-refractivity contribution in [3.8, 4) is 0 Å². The van der Waals surface area contributed by atoms with Gasteiger partial charge in [0.2, 0.25) is 17.7 Å². The Bertz CT molecular complexity index is 1080. The van der Waals surface area contributed by atoms with Gasteiger partial charge in [-0.05, 0) is 50.3 Å². The first kappa shape index (κ1) is 30.3. The van der Waals surface area contributed by atoms with Crippen LogP contribution in [-0.2, 0) is 32.1 Å². The van der Waals surface area contributed by atoms with E-state index in [0.29, 0.717) is 12.0 Å². The second-order valence-corrected chi connectivity index (χ2v) is 10.1. The minimum Gasteiger partial charge on any atom is -0.444 e. The Kier molecular flexibility index (Phi) is 11.3. The average Bonchev–Trinajstić information content (AvgIpc) is 2.86. The van der Waals surface area contributed by atoms with Crippen LogP contribution in [0.1, 0.15) is 70.2 Å². The second kappa shape index (κ2) is 14.2. The van der Waals surface area contributed by atoms with Gasteiger partial charge in [0.05, 0.1) is 6.42 Å². The number of nitrogens with zero attached hydrogens (tertiary/aromatic N) is 1. The Balaban J connectivity index is 2.44. The Morgan fingerprint density at radius 1 is 0.947 bits per heavy atom. The van der Waals surface area contributed by atoms with Gasteiger partial charge in [-0.2, -0.15) is 0 Å². The first-order valence-electron chi connectivity index (χ1n) is 12.9. The predicted molar refractivity (Wildman–Crippen MR) is 146 cm³/mol. The molecule has 0 spiro atoms. The molecule has 9 heteroatoms. The summed E-state index contributed by atoms with van der Waals surface area (Å²) >= 11 is 0. The highest BCUT2D eigenvalue weighted by Gasteiger charge is 2.36. The lowest BCUT2D eigenvalue weighted by molar-refractivity contribution is -0.143. The third-order valence-corrected chi connectivity index (χ3v) is 5.72. The number of primary amides is 1. The van der Waals surface area contributed by atoms with E-state index in [4.69, 9.17) is 10.5 Å². The number of rotatable bonds is 12. The minimum absolute atomic E-state index is 0.211. The molecule has 0 radical (unpaired) electrons. The Labute approximate surface area is 225 Å². The van der Waals surface area contributed by atoms with E-state index in [2.05, 4.69) is 10.6 Å². The molecule has 0 saturated heterocycles. The highest BCUT2D eigenvalue weighted by atomic mass is 16.6. The number of nitrogens with two attached hydrogens (primary N) is 1. The lowest BCUT2D eigenvalue weighted by Crippen LogP contribution is -2.54. The van der Waals surface area contributed by atoms with Crippen molar-refractivity contribution in [2.24, 2.45) is 5.73 Å². The number of alkyl carbamates (subject to hydrolysis) is 1. The normalized spacial score (nSPS) is 12.7. The van der Waals surface area contributed by atoms with E-state index in [1.165, 1.54) is 4.90 Å². The Morgan fingerprint density at radius 2 is 1.58 bits per heavy atom. The van der Waals surface area contributed by atoms with E-state index in [1.54, 1.807) is 20.8 Å². The van der Waals surface area contributed by atoms with Crippen LogP contribution in [0.25, 0.3) is 0 Å². The highest BCUT2D eigenvalue weighted by molar-refractivity contribution is 5.94. The number of ether oxygens (including phenoxy) is 1. The first-order valence-corrected chi connectivity index (χ1v) is 12.9. The molecule has 38 heavy (non-hydrogen) atoms. The van der Waals surface area contributed by atoms with E-state index in [9.17, 15) is 19.2 Å². The molecular formula is C29H40N4O5. The number of hydrogen-bond donors (Lipinski definition) is 3. The third kappa shape index (κ3) is 9.53. The van der Waals surface area contributed by atoms with Crippen LogP contribution < -0.4 is 16.4 Å². The maximum absolute atomic E-state index is 13.9. The highest BCUT2D eigenvalue weighted by Crippen LogP contribution is 2.24. The van der Waals surface area contributed by atoms with Gasteiger partial charge in [-0.25, -0.2) is 4.79 Å². The molecule has 2 unspecified atom stereocenters. The Hall–Kier alpha value is -3.88. The lowest BCUT2D eigenvalue weighted by atomic mass is 9.99. The summed E-state index contributed by atoms with van der Waals surface area (Å²) in [6.45, 7) is 9.46. The molecule has 0 heterocycles. The molecule has 2 rings (SSSR count). The zero-order chi connectivity index (χ0) is 28.3. The predicted octanol–water partition coefficient (Wildman–Crippen LogP) is 3.61. The van der Waals surface area contributed by atoms with Gasteiger partial charge < -0.3 is 26.0 Å². The molecule has 0 aliphatic rings. The number of carbonyl (C=O) groups excluding carboxylic acids is 4. The number of nitrogens with one attached hydrogen (secondary N) is 2. The average molecular weight is 525 g/mol. The molecule has 4 N–H and O–H groups in total. The quantitative estimate of drug-likeness (QED) is 0.390. The number of amides is 4. The summed E-state index contributed by atoms with van der Waals surface area (Å²) in [5.74, 6) is -1.75. The van der Waals surface area contributed by atoms with Gasteiger partial charge >= 0.3 is 6.09 Å². The molecule has 2 atom stereocenters. The van der Waals surface area contributed by atoms with Crippen LogP contribution in [-0.4, -0.2) is 46.9 Å². The summed E-state index contributed by atoms with van der Waals surface area (Å²) in [4.78, 5) is 53.2. The van der Waals surface area contributed by atoms with Crippen molar-refractivity contribution in [1.82, 2.24) is 15.5 Å². The third-order valence-electron chi connectivity index (χ3n) is 5.72. The molecular weight excluding hydrogens is 484 g/mol. The standard InChI is InChI=1S/C29H40N4O5/c1-6-17-33(27(36)23(18-24(30)34)32-28(37)38-29(3,4)5)25(22-15-13-20(7-2)14-16-22)26(35)31-19-21-11-9-8-10-12-21/h8-16,23,25H,6-7,17-19H2,1-5H3,(H2,30,34)(H,31,35)(H,32,37). The summed E-state index contributed by atoms with van der Waals surface area (Å²) in [6.07, 6.45) is 0.0666. The van der Waals surface area contributed by atoms with Crippen LogP contribution in [0.15, 0.2) is 54.6 Å². The number of benzene rings is 2. The molecule has 0 fully saturated rings. The maximum atomic E-state index is 13.9. The fourth-order valence-corrected chi connectivity index (χ4v) is 3.95. The number of carbonyl (C=O) groups is 4. The molecule has 0 aromatic heterocycles. The van der Waals surface area contributed by atoms with Crippen LogP contribution >= 0.6 is 0 Å². The molecule has 4 amide bonds. The van der Waals surface area contributed by atoms with Gasteiger partial charge in [-0.3, -0.25) is 14.4 Å². The summed E-state index contributed by atoms with van der Waals surface area (Å²) in [7, 11) is 0.